The largest absolute Gasteiger partial charge is 0.444 e. The summed E-state index contributed by atoms with van der Waals surface area (Å²) in [5, 5.41) is 9.11. The van der Waals surface area contributed by atoms with Crippen LogP contribution in [-0.4, -0.2) is 49.4 Å². The zero-order valence-electron chi connectivity index (χ0n) is 13.5. The SMILES string of the molecule is CC(C)(C)OC(=O)Nc1nc(/C(=N/OCS(=O)O)C(=O)NC=O)cs1. The van der Waals surface area contributed by atoms with E-state index in [1.165, 1.54) is 5.38 Å². The molecule has 0 aliphatic rings. The van der Waals surface area contributed by atoms with Crippen molar-refractivity contribution in [1.82, 2.24) is 10.3 Å². The molecule has 1 aromatic rings. The Labute approximate surface area is 149 Å². The molecule has 0 aliphatic heterocycles. The highest BCUT2D eigenvalue weighted by Gasteiger charge is 2.21. The van der Waals surface area contributed by atoms with E-state index in [2.05, 4.69) is 20.3 Å². The zero-order valence-corrected chi connectivity index (χ0v) is 15.1. The predicted octanol–water partition coefficient (Wildman–Crippen LogP) is 0.663. The van der Waals surface area contributed by atoms with Crippen LogP contribution in [0.15, 0.2) is 10.5 Å². The summed E-state index contributed by atoms with van der Waals surface area (Å²) in [6.07, 6.45) is -0.606. The van der Waals surface area contributed by atoms with Crippen LogP contribution in [-0.2, 0) is 30.2 Å². The van der Waals surface area contributed by atoms with Crippen molar-refractivity contribution in [2.24, 2.45) is 5.16 Å². The van der Waals surface area contributed by atoms with Gasteiger partial charge in [-0.05, 0) is 20.8 Å². The highest BCUT2D eigenvalue weighted by Crippen LogP contribution is 2.18. The fraction of sp³-hybridized carbons (Fsp3) is 0.417. The Balaban J connectivity index is 2.91. The minimum absolute atomic E-state index is 0.0147. The van der Waals surface area contributed by atoms with Gasteiger partial charge in [-0.15, -0.1) is 11.3 Å². The van der Waals surface area contributed by atoms with Crippen molar-refractivity contribution in [2.45, 2.75) is 26.4 Å². The number of carbonyl (C=O) groups is 3. The van der Waals surface area contributed by atoms with E-state index in [-0.39, 0.29) is 17.2 Å². The number of anilines is 1. The summed E-state index contributed by atoms with van der Waals surface area (Å²) in [4.78, 5) is 42.4. The monoisotopic (exact) mass is 392 g/mol. The lowest BCUT2D eigenvalue weighted by molar-refractivity contribution is -0.120. The molecule has 0 bridgehead atoms. The van der Waals surface area contributed by atoms with E-state index in [0.29, 0.717) is 0 Å². The molecule has 0 saturated carbocycles. The number of carbonyl (C=O) groups excluding carboxylic acids is 3. The first-order chi connectivity index (χ1) is 11.6. The number of aromatic nitrogens is 1. The minimum Gasteiger partial charge on any atom is -0.444 e. The van der Waals surface area contributed by atoms with Gasteiger partial charge in [0.25, 0.3) is 5.91 Å². The second-order valence-corrected chi connectivity index (χ2v) is 7.00. The van der Waals surface area contributed by atoms with Crippen LogP contribution in [0.25, 0.3) is 0 Å². The Bertz CT molecular complexity index is 696. The summed E-state index contributed by atoms with van der Waals surface area (Å²) < 4.78 is 24.2. The fourth-order valence-electron chi connectivity index (χ4n) is 1.29. The Morgan fingerprint density at radius 2 is 2.16 bits per heavy atom. The molecule has 0 aliphatic carbocycles. The quantitative estimate of drug-likeness (QED) is 0.264. The van der Waals surface area contributed by atoms with Gasteiger partial charge in [0.1, 0.15) is 11.3 Å². The van der Waals surface area contributed by atoms with Crippen LogP contribution in [0.2, 0.25) is 0 Å². The van der Waals surface area contributed by atoms with Gasteiger partial charge in [-0.1, -0.05) is 5.16 Å². The van der Waals surface area contributed by atoms with Gasteiger partial charge >= 0.3 is 6.09 Å². The molecular weight excluding hydrogens is 376 g/mol. The maximum Gasteiger partial charge on any atom is 0.413 e. The molecule has 3 amide bonds. The highest BCUT2D eigenvalue weighted by molar-refractivity contribution is 7.79. The molecule has 1 unspecified atom stereocenters. The van der Waals surface area contributed by atoms with Crippen LogP contribution in [0, 0.1) is 0 Å². The second-order valence-electron chi connectivity index (χ2n) is 5.26. The second kappa shape index (κ2) is 9.19. The van der Waals surface area contributed by atoms with E-state index in [4.69, 9.17) is 9.29 Å². The zero-order chi connectivity index (χ0) is 19.0. The van der Waals surface area contributed by atoms with E-state index >= 15 is 0 Å². The number of oxime groups is 1. The first-order valence-corrected chi connectivity index (χ1v) is 8.75. The average Bonchev–Trinajstić information content (AvgIpc) is 2.89. The normalized spacial score (nSPS) is 12.9. The molecule has 0 fully saturated rings. The Morgan fingerprint density at radius 1 is 1.48 bits per heavy atom. The van der Waals surface area contributed by atoms with Crippen LogP contribution in [0.3, 0.4) is 0 Å². The van der Waals surface area contributed by atoms with Crippen LogP contribution in [0.1, 0.15) is 26.5 Å². The summed E-state index contributed by atoms with van der Waals surface area (Å²) in [5.41, 5.74) is -1.13. The number of hydrogen-bond acceptors (Lipinski definition) is 9. The van der Waals surface area contributed by atoms with Gasteiger partial charge < -0.3 is 14.1 Å². The molecule has 1 rings (SSSR count). The predicted molar refractivity (Wildman–Crippen MR) is 89.4 cm³/mol. The topological polar surface area (TPSA) is 156 Å². The molecule has 3 N–H and O–H groups in total. The molecule has 25 heavy (non-hydrogen) atoms. The number of hydrogen-bond donors (Lipinski definition) is 3. The summed E-state index contributed by atoms with van der Waals surface area (Å²) >= 11 is -1.32. The highest BCUT2D eigenvalue weighted by atomic mass is 32.2. The van der Waals surface area contributed by atoms with Gasteiger partial charge in [0.05, 0.1) is 0 Å². The average molecular weight is 392 g/mol. The van der Waals surface area contributed by atoms with Crippen molar-refractivity contribution in [2.75, 3.05) is 11.3 Å². The maximum absolute atomic E-state index is 11.8. The third kappa shape index (κ3) is 7.82. The smallest absolute Gasteiger partial charge is 0.413 e. The van der Waals surface area contributed by atoms with Gasteiger partial charge in [0, 0.05) is 5.38 Å². The summed E-state index contributed by atoms with van der Waals surface area (Å²) in [7, 11) is 0. The summed E-state index contributed by atoms with van der Waals surface area (Å²) in [5.74, 6) is -1.61. The standard InChI is InChI=1S/C12H16N4O7S2/c1-12(2,3)23-11(19)15-10-14-7(4-24-10)8(9(18)13-5-17)16-22-6-25(20)21/h4-5H,6H2,1-3H3,(H,20,21)(H,13,17,18)(H,14,15,19)/b16-8-. The number of rotatable bonds is 7. The van der Waals surface area contributed by atoms with Crippen molar-refractivity contribution < 1.29 is 32.7 Å². The van der Waals surface area contributed by atoms with Crippen molar-refractivity contribution in [3.8, 4) is 0 Å². The Morgan fingerprint density at radius 3 is 2.72 bits per heavy atom. The molecule has 138 valence electrons. The Hall–Kier alpha value is -2.38. The van der Waals surface area contributed by atoms with E-state index < -0.39 is 40.3 Å². The summed E-state index contributed by atoms with van der Waals surface area (Å²) in [6, 6.07) is 0. The van der Waals surface area contributed by atoms with E-state index in [9.17, 15) is 18.6 Å². The molecule has 11 nitrogen and oxygen atoms in total. The third-order valence-corrected chi connectivity index (χ3v) is 3.13. The van der Waals surface area contributed by atoms with Crippen molar-refractivity contribution in [1.29, 1.82) is 0 Å². The number of imide groups is 1. The van der Waals surface area contributed by atoms with Gasteiger partial charge in [-0.2, -0.15) is 0 Å². The van der Waals surface area contributed by atoms with Crippen LogP contribution in [0.5, 0.6) is 0 Å². The number of thiazole rings is 1. The van der Waals surface area contributed by atoms with Crippen molar-refractivity contribution in [3.05, 3.63) is 11.1 Å². The number of ether oxygens (including phenoxy) is 1. The lowest BCUT2D eigenvalue weighted by Gasteiger charge is -2.18. The van der Waals surface area contributed by atoms with Crippen LogP contribution >= 0.6 is 11.3 Å². The molecule has 0 saturated heterocycles. The number of nitrogens with one attached hydrogen (secondary N) is 2. The molecular formula is C12H16N4O7S2. The fourth-order valence-corrected chi connectivity index (χ4v) is 2.12. The maximum atomic E-state index is 11.8. The molecule has 1 aromatic heterocycles. The molecule has 0 radical (unpaired) electrons. The van der Waals surface area contributed by atoms with E-state index in [0.717, 1.165) is 11.3 Å². The van der Waals surface area contributed by atoms with Crippen LogP contribution in [0.4, 0.5) is 9.93 Å². The van der Waals surface area contributed by atoms with Gasteiger partial charge in [-0.25, -0.2) is 14.0 Å². The molecule has 1 heterocycles. The van der Waals surface area contributed by atoms with E-state index in [1.54, 1.807) is 20.8 Å². The Kier molecular flexibility index (Phi) is 7.60. The molecule has 13 heteroatoms. The lowest BCUT2D eigenvalue weighted by atomic mass is 10.2. The van der Waals surface area contributed by atoms with Crippen LogP contribution < -0.4 is 10.6 Å². The van der Waals surface area contributed by atoms with Gasteiger partial charge in [0.2, 0.25) is 12.3 Å². The first-order valence-electron chi connectivity index (χ1n) is 6.60. The molecule has 0 spiro atoms. The summed E-state index contributed by atoms with van der Waals surface area (Å²) in [6.45, 7) is 5.07. The third-order valence-electron chi connectivity index (χ3n) is 2.07. The van der Waals surface area contributed by atoms with Gasteiger partial charge in [-0.3, -0.25) is 20.2 Å². The lowest BCUT2D eigenvalue weighted by Crippen LogP contribution is -2.31. The molecule has 1 atom stereocenters. The molecule has 0 aromatic carbocycles. The van der Waals surface area contributed by atoms with E-state index in [1.807, 2.05) is 5.32 Å². The number of nitrogens with zero attached hydrogens (tertiary/aromatic N) is 2. The minimum atomic E-state index is -2.29. The number of amides is 3. The first kappa shape index (κ1) is 20.7. The van der Waals surface area contributed by atoms with Gasteiger partial charge in [0.15, 0.2) is 21.9 Å². The van der Waals surface area contributed by atoms with Crippen molar-refractivity contribution in [3.63, 3.8) is 0 Å². The van der Waals surface area contributed by atoms with Crippen molar-refractivity contribution >= 4 is 51.7 Å².